The van der Waals surface area contributed by atoms with E-state index in [0.29, 0.717) is 5.41 Å². The first kappa shape index (κ1) is 17.3. The van der Waals surface area contributed by atoms with Gasteiger partial charge < -0.3 is 10.2 Å². The van der Waals surface area contributed by atoms with Crippen LogP contribution in [0.4, 0.5) is 0 Å². The van der Waals surface area contributed by atoms with Gasteiger partial charge in [-0.3, -0.25) is 9.78 Å². The summed E-state index contributed by atoms with van der Waals surface area (Å²) in [5, 5.41) is 4.40. The SMILES string of the molecule is O=C(c1cc(-c2ccccn2)nc2ccccc12)N1CCC2(CCNC2)CC1. The van der Waals surface area contributed by atoms with Gasteiger partial charge in [0.05, 0.1) is 22.5 Å². The van der Waals surface area contributed by atoms with Crippen LogP contribution in [-0.2, 0) is 0 Å². The Morgan fingerprint density at radius 3 is 2.57 bits per heavy atom. The van der Waals surface area contributed by atoms with Gasteiger partial charge in [-0.15, -0.1) is 0 Å². The van der Waals surface area contributed by atoms with E-state index >= 15 is 0 Å². The number of carbonyl (C=O) groups is 1. The number of rotatable bonds is 2. The largest absolute Gasteiger partial charge is 0.339 e. The molecule has 0 radical (unpaired) electrons. The number of nitrogens with one attached hydrogen (secondary N) is 1. The third kappa shape index (κ3) is 3.06. The quantitative estimate of drug-likeness (QED) is 0.748. The van der Waals surface area contributed by atoms with Gasteiger partial charge in [-0.1, -0.05) is 24.3 Å². The lowest BCUT2D eigenvalue weighted by molar-refractivity contribution is 0.0609. The maximum absolute atomic E-state index is 13.5. The first-order valence-corrected chi connectivity index (χ1v) is 10.1. The summed E-state index contributed by atoms with van der Waals surface area (Å²) in [6.45, 7) is 3.86. The summed E-state index contributed by atoms with van der Waals surface area (Å²) >= 11 is 0. The molecule has 5 nitrogen and oxygen atoms in total. The number of carbonyl (C=O) groups excluding carboxylic acids is 1. The minimum absolute atomic E-state index is 0.108. The van der Waals surface area contributed by atoms with E-state index in [4.69, 9.17) is 4.98 Å². The van der Waals surface area contributed by atoms with Crippen LogP contribution >= 0.6 is 0 Å². The summed E-state index contributed by atoms with van der Waals surface area (Å²) < 4.78 is 0. The molecule has 28 heavy (non-hydrogen) atoms. The highest BCUT2D eigenvalue weighted by molar-refractivity contribution is 6.07. The summed E-state index contributed by atoms with van der Waals surface area (Å²) in [6.07, 6.45) is 5.16. The van der Waals surface area contributed by atoms with Crippen LogP contribution in [0.3, 0.4) is 0 Å². The van der Waals surface area contributed by atoms with Crippen molar-refractivity contribution in [3.8, 4) is 11.4 Å². The van der Waals surface area contributed by atoms with Crippen molar-refractivity contribution in [2.24, 2.45) is 5.41 Å². The summed E-state index contributed by atoms with van der Waals surface area (Å²) in [6, 6.07) is 15.6. The van der Waals surface area contributed by atoms with Gasteiger partial charge in [-0.25, -0.2) is 4.98 Å². The molecule has 2 aromatic heterocycles. The molecule has 2 saturated heterocycles. The van der Waals surface area contributed by atoms with E-state index in [0.717, 1.165) is 66.9 Å². The molecule has 4 heterocycles. The standard InChI is InChI=1S/C23H24N4O/c28-22(27-13-9-23(10-14-27)8-12-24-16-23)18-15-21(20-7-3-4-11-25-20)26-19-6-2-1-5-17(18)19/h1-7,11,15,24H,8-10,12-14,16H2. The Balaban J connectivity index is 1.50. The molecule has 0 saturated carbocycles. The Bertz CT molecular complexity index is 1000. The van der Waals surface area contributed by atoms with Crippen LogP contribution in [0.1, 0.15) is 29.6 Å². The van der Waals surface area contributed by atoms with E-state index in [1.165, 1.54) is 6.42 Å². The molecular weight excluding hydrogens is 348 g/mol. The van der Waals surface area contributed by atoms with Crippen molar-refractivity contribution in [2.45, 2.75) is 19.3 Å². The number of amides is 1. The van der Waals surface area contributed by atoms with Gasteiger partial charge >= 0.3 is 0 Å². The Hall–Kier alpha value is -2.79. The molecule has 0 atom stereocenters. The number of hydrogen-bond donors (Lipinski definition) is 1. The van der Waals surface area contributed by atoms with E-state index in [2.05, 4.69) is 10.3 Å². The molecule has 2 aliphatic heterocycles. The van der Waals surface area contributed by atoms with Crippen molar-refractivity contribution < 1.29 is 4.79 Å². The highest BCUT2D eigenvalue weighted by Crippen LogP contribution is 2.37. The second-order valence-corrected chi connectivity index (χ2v) is 8.01. The van der Waals surface area contributed by atoms with Gasteiger partial charge in [0.2, 0.25) is 0 Å². The predicted molar refractivity (Wildman–Crippen MR) is 110 cm³/mol. The third-order valence-electron chi connectivity index (χ3n) is 6.32. The molecular formula is C23H24N4O. The van der Waals surface area contributed by atoms with E-state index in [-0.39, 0.29) is 5.91 Å². The lowest BCUT2D eigenvalue weighted by atomic mass is 9.77. The molecule has 3 aromatic rings. The van der Waals surface area contributed by atoms with Crippen molar-refractivity contribution in [3.63, 3.8) is 0 Å². The number of pyridine rings is 2. The third-order valence-corrected chi connectivity index (χ3v) is 6.32. The monoisotopic (exact) mass is 372 g/mol. The number of benzene rings is 1. The van der Waals surface area contributed by atoms with Gasteiger partial charge in [-0.05, 0) is 55.5 Å². The number of aromatic nitrogens is 2. The summed E-state index contributed by atoms with van der Waals surface area (Å²) in [7, 11) is 0. The van der Waals surface area contributed by atoms with Gasteiger partial charge in [0, 0.05) is 31.2 Å². The van der Waals surface area contributed by atoms with Crippen LogP contribution in [0.2, 0.25) is 0 Å². The highest BCUT2D eigenvalue weighted by atomic mass is 16.2. The second-order valence-electron chi connectivity index (χ2n) is 8.01. The Morgan fingerprint density at radius 1 is 1.00 bits per heavy atom. The molecule has 142 valence electrons. The summed E-state index contributed by atoms with van der Waals surface area (Å²) in [5.74, 6) is 0.108. The van der Waals surface area contributed by atoms with Crippen LogP contribution in [-0.4, -0.2) is 47.0 Å². The van der Waals surface area contributed by atoms with Crippen LogP contribution in [0.15, 0.2) is 54.7 Å². The smallest absolute Gasteiger partial charge is 0.254 e. The number of nitrogens with zero attached hydrogens (tertiary/aromatic N) is 3. The molecule has 1 aromatic carbocycles. The fourth-order valence-corrected chi connectivity index (χ4v) is 4.57. The van der Waals surface area contributed by atoms with Crippen LogP contribution in [0.25, 0.3) is 22.3 Å². The number of fused-ring (bicyclic) bond motifs is 1. The lowest BCUT2D eigenvalue weighted by Gasteiger charge is -2.39. The zero-order valence-corrected chi connectivity index (χ0v) is 15.9. The molecule has 0 bridgehead atoms. The fraction of sp³-hybridized carbons (Fsp3) is 0.348. The summed E-state index contributed by atoms with van der Waals surface area (Å²) in [4.78, 5) is 24.7. The van der Waals surface area contributed by atoms with Gasteiger partial charge in [0.15, 0.2) is 0 Å². The molecule has 2 fully saturated rings. The van der Waals surface area contributed by atoms with Crippen molar-refractivity contribution in [2.75, 3.05) is 26.2 Å². The number of para-hydroxylation sites is 1. The van der Waals surface area contributed by atoms with E-state index < -0.39 is 0 Å². The lowest BCUT2D eigenvalue weighted by Crippen LogP contribution is -2.44. The summed E-state index contributed by atoms with van der Waals surface area (Å²) in [5.41, 5.74) is 3.50. The number of piperidine rings is 1. The zero-order valence-electron chi connectivity index (χ0n) is 15.9. The van der Waals surface area contributed by atoms with Gasteiger partial charge in [0.25, 0.3) is 5.91 Å². The first-order valence-electron chi connectivity index (χ1n) is 10.1. The molecule has 1 spiro atoms. The van der Waals surface area contributed by atoms with Crippen molar-refractivity contribution in [3.05, 3.63) is 60.3 Å². The Kier molecular flexibility index (Phi) is 4.32. The average molecular weight is 372 g/mol. The number of likely N-dealkylation sites (tertiary alicyclic amines) is 1. The van der Waals surface area contributed by atoms with E-state index in [9.17, 15) is 4.79 Å². The van der Waals surface area contributed by atoms with Gasteiger partial charge in [-0.2, -0.15) is 0 Å². The maximum Gasteiger partial charge on any atom is 0.254 e. The molecule has 0 aliphatic carbocycles. The Morgan fingerprint density at radius 2 is 1.82 bits per heavy atom. The molecule has 2 aliphatic rings. The molecule has 0 unspecified atom stereocenters. The van der Waals surface area contributed by atoms with Crippen LogP contribution < -0.4 is 5.32 Å². The fourth-order valence-electron chi connectivity index (χ4n) is 4.57. The Labute approximate surface area is 164 Å². The first-order chi connectivity index (χ1) is 13.7. The highest BCUT2D eigenvalue weighted by Gasteiger charge is 2.38. The number of hydrogen-bond acceptors (Lipinski definition) is 4. The maximum atomic E-state index is 13.5. The molecule has 1 N–H and O–H groups in total. The van der Waals surface area contributed by atoms with Crippen molar-refractivity contribution in [1.82, 2.24) is 20.2 Å². The molecule has 5 rings (SSSR count). The zero-order chi connectivity index (χ0) is 19.0. The molecule has 1 amide bonds. The van der Waals surface area contributed by atoms with Crippen LogP contribution in [0.5, 0.6) is 0 Å². The van der Waals surface area contributed by atoms with E-state index in [1.54, 1.807) is 6.20 Å². The average Bonchev–Trinajstić information content (AvgIpc) is 3.21. The van der Waals surface area contributed by atoms with E-state index in [1.807, 2.05) is 53.4 Å². The van der Waals surface area contributed by atoms with Gasteiger partial charge in [0.1, 0.15) is 0 Å². The minimum Gasteiger partial charge on any atom is -0.339 e. The minimum atomic E-state index is 0.108. The van der Waals surface area contributed by atoms with Crippen molar-refractivity contribution in [1.29, 1.82) is 0 Å². The van der Waals surface area contributed by atoms with Crippen molar-refractivity contribution >= 4 is 16.8 Å². The normalized spacial score (nSPS) is 18.6. The topological polar surface area (TPSA) is 58.1 Å². The van der Waals surface area contributed by atoms with Crippen LogP contribution in [0, 0.1) is 5.41 Å². The molecule has 5 heteroatoms. The predicted octanol–water partition coefficient (Wildman–Crippen LogP) is 3.51. The second kappa shape index (κ2) is 6.99.